The highest BCUT2D eigenvalue weighted by molar-refractivity contribution is 5.93. The number of aryl methyl sites for hydroxylation is 2. The zero-order valence-corrected chi connectivity index (χ0v) is 23.7. The second kappa shape index (κ2) is 12.6. The van der Waals surface area contributed by atoms with Crippen LogP contribution in [0.2, 0.25) is 0 Å². The van der Waals surface area contributed by atoms with Crippen LogP contribution in [0.25, 0.3) is 0 Å². The highest BCUT2D eigenvalue weighted by Gasteiger charge is 2.43. The maximum Gasteiger partial charge on any atom is 0.408 e. The Labute approximate surface area is 217 Å². The van der Waals surface area contributed by atoms with Crippen molar-refractivity contribution in [3.8, 4) is 0 Å². The fourth-order valence-corrected chi connectivity index (χ4v) is 4.77. The standard InChI is InChI=1S/C29H47N3O4/c1-10-13-21(6)30-26(33)25(23-19(4)14-11-15-20(23)5)32(22-16-12-17-22)27(34)24(18(2)3)31-28(35)36-29(7,8)9/h11,14-15,18,21-22,24-25H,10,12-13,16-17H2,1-9H3,(H,30,33)(H,31,35). The number of nitrogens with one attached hydrogen (secondary N) is 2. The van der Waals surface area contributed by atoms with Crippen molar-refractivity contribution in [2.45, 2.75) is 124 Å². The molecule has 0 aliphatic heterocycles. The largest absolute Gasteiger partial charge is 0.444 e. The molecule has 7 nitrogen and oxygen atoms in total. The molecule has 1 saturated carbocycles. The average molecular weight is 502 g/mol. The van der Waals surface area contributed by atoms with E-state index in [1.54, 1.807) is 25.7 Å². The summed E-state index contributed by atoms with van der Waals surface area (Å²) >= 11 is 0. The van der Waals surface area contributed by atoms with Gasteiger partial charge in [-0.05, 0) is 89.8 Å². The molecule has 0 radical (unpaired) electrons. The first kappa shape index (κ1) is 29.7. The van der Waals surface area contributed by atoms with Gasteiger partial charge in [-0.2, -0.15) is 0 Å². The smallest absolute Gasteiger partial charge is 0.408 e. The predicted molar refractivity (Wildman–Crippen MR) is 144 cm³/mol. The third kappa shape index (κ3) is 7.71. The van der Waals surface area contributed by atoms with Gasteiger partial charge < -0.3 is 20.3 Å². The minimum atomic E-state index is -0.812. The summed E-state index contributed by atoms with van der Waals surface area (Å²) in [5.74, 6) is -0.604. The minimum Gasteiger partial charge on any atom is -0.444 e. The van der Waals surface area contributed by atoms with Crippen molar-refractivity contribution in [3.63, 3.8) is 0 Å². The van der Waals surface area contributed by atoms with Crippen LogP contribution in [0.4, 0.5) is 4.79 Å². The molecular weight excluding hydrogens is 454 g/mol. The molecule has 0 saturated heterocycles. The van der Waals surface area contributed by atoms with E-state index in [9.17, 15) is 14.4 Å². The fourth-order valence-electron chi connectivity index (χ4n) is 4.77. The quantitative estimate of drug-likeness (QED) is 0.438. The van der Waals surface area contributed by atoms with Gasteiger partial charge in [0.25, 0.3) is 0 Å². The Morgan fingerprint density at radius 2 is 1.64 bits per heavy atom. The zero-order valence-electron chi connectivity index (χ0n) is 23.7. The molecule has 0 aromatic heterocycles. The van der Waals surface area contributed by atoms with Crippen LogP contribution in [-0.4, -0.2) is 46.5 Å². The zero-order chi connectivity index (χ0) is 27.2. The van der Waals surface area contributed by atoms with Crippen LogP contribution in [-0.2, 0) is 14.3 Å². The lowest BCUT2D eigenvalue weighted by Gasteiger charge is -2.45. The molecule has 1 aliphatic carbocycles. The number of benzene rings is 1. The van der Waals surface area contributed by atoms with Gasteiger partial charge in [0.2, 0.25) is 11.8 Å². The molecule has 3 unspecified atom stereocenters. The van der Waals surface area contributed by atoms with Crippen molar-refractivity contribution in [1.82, 2.24) is 15.5 Å². The Balaban J connectivity index is 2.54. The van der Waals surface area contributed by atoms with E-state index in [0.29, 0.717) is 0 Å². The van der Waals surface area contributed by atoms with Crippen molar-refractivity contribution in [1.29, 1.82) is 0 Å². The molecule has 1 aromatic rings. The number of rotatable bonds is 10. The van der Waals surface area contributed by atoms with Crippen LogP contribution in [0.5, 0.6) is 0 Å². The topological polar surface area (TPSA) is 87.7 Å². The number of hydrogen-bond acceptors (Lipinski definition) is 4. The van der Waals surface area contributed by atoms with E-state index in [1.807, 2.05) is 52.8 Å². The van der Waals surface area contributed by atoms with Gasteiger partial charge in [-0.25, -0.2) is 4.79 Å². The van der Waals surface area contributed by atoms with Gasteiger partial charge in [0.15, 0.2) is 0 Å². The number of carbonyl (C=O) groups is 3. The van der Waals surface area contributed by atoms with Crippen molar-refractivity contribution in [2.75, 3.05) is 0 Å². The Kier molecular flexibility index (Phi) is 10.4. The minimum absolute atomic E-state index is 0.00606. The summed E-state index contributed by atoms with van der Waals surface area (Å²) in [6, 6.07) is 4.29. The Morgan fingerprint density at radius 1 is 1.06 bits per heavy atom. The van der Waals surface area contributed by atoms with Crippen LogP contribution >= 0.6 is 0 Å². The van der Waals surface area contributed by atoms with Gasteiger partial charge in [0.1, 0.15) is 17.7 Å². The molecule has 0 heterocycles. The summed E-state index contributed by atoms with van der Waals surface area (Å²) in [5, 5.41) is 5.98. The number of ether oxygens (including phenoxy) is 1. The lowest BCUT2D eigenvalue weighted by atomic mass is 9.85. The van der Waals surface area contributed by atoms with Crippen molar-refractivity contribution >= 4 is 17.9 Å². The molecule has 202 valence electrons. The number of hydrogen-bond donors (Lipinski definition) is 2. The van der Waals surface area contributed by atoms with E-state index in [4.69, 9.17) is 4.74 Å². The summed E-state index contributed by atoms with van der Waals surface area (Å²) in [6.45, 7) is 17.2. The lowest BCUT2D eigenvalue weighted by Crippen LogP contribution is -2.59. The Bertz CT molecular complexity index is 897. The van der Waals surface area contributed by atoms with Crippen LogP contribution < -0.4 is 10.6 Å². The number of nitrogens with zero attached hydrogens (tertiary/aromatic N) is 1. The molecule has 3 atom stereocenters. The van der Waals surface area contributed by atoms with E-state index in [-0.39, 0.29) is 29.8 Å². The van der Waals surface area contributed by atoms with Crippen molar-refractivity contribution in [2.24, 2.45) is 5.92 Å². The molecular formula is C29H47N3O4. The molecule has 3 amide bonds. The first-order valence-corrected chi connectivity index (χ1v) is 13.4. The Hall–Kier alpha value is -2.57. The monoisotopic (exact) mass is 501 g/mol. The summed E-state index contributed by atoms with van der Waals surface area (Å²) in [4.78, 5) is 42.6. The van der Waals surface area contributed by atoms with E-state index < -0.39 is 23.8 Å². The first-order chi connectivity index (χ1) is 16.8. The molecule has 2 rings (SSSR count). The van der Waals surface area contributed by atoms with Gasteiger partial charge in [0, 0.05) is 12.1 Å². The third-order valence-corrected chi connectivity index (χ3v) is 6.78. The van der Waals surface area contributed by atoms with Gasteiger partial charge in [-0.15, -0.1) is 0 Å². The average Bonchev–Trinajstić information content (AvgIpc) is 2.70. The number of amides is 3. The van der Waals surface area contributed by atoms with Gasteiger partial charge in [0.05, 0.1) is 0 Å². The predicted octanol–water partition coefficient (Wildman–Crippen LogP) is 5.58. The molecule has 1 fully saturated rings. The van der Waals surface area contributed by atoms with Gasteiger partial charge in [-0.3, -0.25) is 9.59 Å². The van der Waals surface area contributed by atoms with Crippen LogP contribution in [0, 0.1) is 19.8 Å². The second-order valence-electron chi connectivity index (χ2n) is 11.6. The normalized spacial score (nSPS) is 16.5. The highest BCUT2D eigenvalue weighted by atomic mass is 16.6. The Morgan fingerprint density at radius 3 is 2.08 bits per heavy atom. The van der Waals surface area contributed by atoms with Gasteiger partial charge >= 0.3 is 6.09 Å². The maximum atomic E-state index is 14.2. The van der Waals surface area contributed by atoms with E-state index in [1.165, 1.54) is 0 Å². The molecule has 0 bridgehead atoms. The molecule has 2 N–H and O–H groups in total. The maximum absolute atomic E-state index is 14.2. The van der Waals surface area contributed by atoms with Gasteiger partial charge in [-0.1, -0.05) is 45.4 Å². The summed E-state index contributed by atoms with van der Waals surface area (Å²) < 4.78 is 5.46. The van der Waals surface area contributed by atoms with Crippen LogP contribution in [0.1, 0.15) is 103 Å². The molecule has 1 aliphatic rings. The summed E-state index contributed by atoms with van der Waals surface area (Å²) in [7, 11) is 0. The summed E-state index contributed by atoms with van der Waals surface area (Å²) in [5.41, 5.74) is 2.12. The summed E-state index contributed by atoms with van der Waals surface area (Å²) in [6.07, 6.45) is 3.86. The van der Waals surface area contributed by atoms with E-state index in [2.05, 4.69) is 17.6 Å². The van der Waals surface area contributed by atoms with Crippen molar-refractivity contribution in [3.05, 3.63) is 34.9 Å². The first-order valence-electron chi connectivity index (χ1n) is 13.4. The molecule has 36 heavy (non-hydrogen) atoms. The number of carbonyl (C=O) groups excluding carboxylic acids is 3. The van der Waals surface area contributed by atoms with E-state index in [0.717, 1.165) is 48.8 Å². The van der Waals surface area contributed by atoms with Crippen LogP contribution in [0.15, 0.2) is 18.2 Å². The third-order valence-electron chi connectivity index (χ3n) is 6.78. The highest BCUT2D eigenvalue weighted by Crippen LogP contribution is 2.36. The van der Waals surface area contributed by atoms with Crippen LogP contribution in [0.3, 0.4) is 0 Å². The van der Waals surface area contributed by atoms with E-state index >= 15 is 0 Å². The molecule has 0 spiro atoms. The number of alkyl carbamates (subject to hydrolysis) is 1. The second-order valence-corrected chi connectivity index (χ2v) is 11.6. The fraction of sp³-hybridized carbons (Fsp3) is 0.690. The molecule has 1 aromatic carbocycles. The SMILES string of the molecule is CCCC(C)NC(=O)C(c1c(C)cccc1C)N(C(=O)C(NC(=O)OC(C)(C)C)C(C)C)C1CCC1. The van der Waals surface area contributed by atoms with Crippen molar-refractivity contribution < 1.29 is 19.1 Å². The lowest BCUT2D eigenvalue weighted by molar-refractivity contribution is -0.148. The molecule has 7 heteroatoms.